The van der Waals surface area contributed by atoms with E-state index in [0.29, 0.717) is 26.3 Å². The first-order valence-electron chi connectivity index (χ1n) is 8.79. The third-order valence-corrected chi connectivity index (χ3v) is 5.17. The van der Waals surface area contributed by atoms with Crippen LogP contribution < -0.4 is 5.32 Å². The third-order valence-electron chi connectivity index (χ3n) is 5.17. The fourth-order valence-corrected chi connectivity index (χ4v) is 3.63. The van der Waals surface area contributed by atoms with Crippen LogP contribution in [0.2, 0.25) is 0 Å². The number of nitrogens with one attached hydrogen (secondary N) is 1. The van der Waals surface area contributed by atoms with E-state index in [1.807, 2.05) is 16.7 Å². The molecule has 0 aromatic carbocycles. The van der Waals surface area contributed by atoms with Gasteiger partial charge in [0.15, 0.2) is 0 Å². The average molecular weight is 324 g/mol. The van der Waals surface area contributed by atoms with Crippen molar-refractivity contribution in [2.24, 2.45) is 0 Å². The summed E-state index contributed by atoms with van der Waals surface area (Å²) in [5, 5.41) is 3.21. The normalized spacial score (nSPS) is 28.0. The van der Waals surface area contributed by atoms with Crippen LogP contribution in [0.3, 0.4) is 0 Å². The Balaban J connectivity index is 1.47. The third kappa shape index (κ3) is 3.84. The average Bonchev–Trinajstić information content (AvgIpc) is 3.15. The molecule has 0 saturated carbocycles. The molecular formula is C16H28N4O3. The largest absolute Gasteiger partial charge is 0.378 e. The molecule has 2 unspecified atom stereocenters. The van der Waals surface area contributed by atoms with Gasteiger partial charge in [0, 0.05) is 45.8 Å². The number of hydrogen-bond donors (Lipinski definition) is 1. The van der Waals surface area contributed by atoms with Gasteiger partial charge in [0.25, 0.3) is 0 Å². The molecule has 0 aromatic heterocycles. The predicted molar refractivity (Wildman–Crippen MR) is 86.0 cm³/mol. The van der Waals surface area contributed by atoms with Gasteiger partial charge < -0.3 is 19.9 Å². The molecule has 3 aliphatic rings. The molecule has 130 valence electrons. The van der Waals surface area contributed by atoms with Crippen LogP contribution in [0, 0.1) is 0 Å². The molecule has 0 spiro atoms. The van der Waals surface area contributed by atoms with Gasteiger partial charge in [0.2, 0.25) is 11.8 Å². The summed E-state index contributed by atoms with van der Waals surface area (Å²) < 4.78 is 5.37. The lowest BCUT2D eigenvalue weighted by atomic mass is 10.1. The maximum atomic E-state index is 12.5. The fraction of sp³-hybridized carbons (Fsp3) is 0.875. The molecule has 3 saturated heterocycles. The molecule has 3 fully saturated rings. The lowest BCUT2D eigenvalue weighted by Crippen LogP contribution is -2.59. The summed E-state index contributed by atoms with van der Waals surface area (Å²) in [7, 11) is 0. The van der Waals surface area contributed by atoms with Crippen LogP contribution in [0.4, 0.5) is 0 Å². The van der Waals surface area contributed by atoms with Crippen molar-refractivity contribution in [2.75, 3.05) is 59.0 Å². The van der Waals surface area contributed by atoms with Crippen LogP contribution in [0.15, 0.2) is 0 Å². The van der Waals surface area contributed by atoms with E-state index in [0.717, 1.165) is 45.6 Å². The minimum absolute atomic E-state index is 0.0820. The van der Waals surface area contributed by atoms with Crippen molar-refractivity contribution >= 4 is 11.8 Å². The fourth-order valence-electron chi connectivity index (χ4n) is 3.63. The van der Waals surface area contributed by atoms with Crippen molar-refractivity contribution in [3.05, 3.63) is 0 Å². The monoisotopic (exact) mass is 324 g/mol. The van der Waals surface area contributed by atoms with Crippen molar-refractivity contribution in [3.63, 3.8) is 0 Å². The smallest absolute Gasteiger partial charge is 0.242 e. The Kier molecular flexibility index (Phi) is 5.50. The molecule has 3 rings (SSSR count). The maximum Gasteiger partial charge on any atom is 0.242 e. The summed E-state index contributed by atoms with van der Waals surface area (Å²) in [5.74, 6) is 0.368. The Morgan fingerprint density at radius 2 is 1.74 bits per heavy atom. The zero-order valence-electron chi connectivity index (χ0n) is 14.0. The number of ether oxygens (including phenoxy) is 1. The molecule has 0 radical (unpaired) electrons. The van der Waals surface area contributed by atoms with E-state index in [1.165, 1.54) is 0 Å². The highest BCUT2D eigenvalue weighted by Crippen LogP contribution is 2.14. The van der Waals surface area contributed by atoms with Crippen LogP contribution in [-0.2, 0) is 14.3 Å². The van der Waals surface area contributed by atoms with Crippen molar-refractivity contribution in [2.45, 2.75) is 31.8 Å². The summed E-state index contributed by atoms with van der Waals surface area (Å²) in [5.41, 5.74) is 0. The molecule has 0 aliphatic carbocycles. The molecular weight excluding hydrogens is 296 g/mol. The highest BCUT2D eigenvalue weighted by Gasteiger charge is 2.33. The molecule has 7 heteroatoms. The van der Waals surface area contributed by atoms with Gasteiger partial charge in [-0.2, -0.15) is 0 Å². The second-order valence-electron chi connectivity index (χ2n) is 6.65. The minimum atomic E-state index is -0.209. The molecule has 0 aromatic rings. The summed E-state index contributed by atoms with van der Waals surface area (Å²) in [6.45, 7) is 8.57. The molecule has 7 nitrogen and oxygen atoms in total. The Labute approximate surface area is 137 Å². The topological polar surface area (TPSA) is 65.1 Å². The first kappa shape index (κ1) is 16.7. The first-order chi connectivity index (χ1) is 11.2. The lowest BCUT2D eigenvalue weighted by Gasteiger charge is -2.40. The highest BCUT2D eigenvalue weighted by molar-refractivity contribution is 5.83. The Morgan fingerprint density at radius 3 is 2.35 bits per heavy atom. The number of amides is 2. The molecule has 1 N–H and O–H groups in total. The first-order valence-corrected chi connectivity index (χ1v) is 8.79. The van der Waals surface area contributed by atoms with E-state index in [1.54, 1.807) is 0 Å². The van der Waals surface area contributed by atoms with Crippen molar-refractivity contribution in [1.29, 1.82) is 0 Å². The van der Waals surface area contributed by atoms with E-state index in [4.69, 9.17) is 4.74 Å². The van der Waals surface area contributed by atoms with Gasteiger partial charge in [-0.25, -0.2) is 0 Å². The number of morpholine rings is 1. The number of carbonyl (C=O) groups excluding carboxylic acids is 2. The number of nitrogens with zero attached hydrogens (tertiary/aromatic N) is 3. The Bertz CT molecular complexity index is 425. The van der Waals surface area contributed by atoms with Gasteiger partial charge in [-0.3, -0.25) is 14.5 Å². The number of piperazine rings is 1. The second kappa shape index (κ2) is 7.59. The highest BCUT2D eigenvalue weighted by atomic mass is 16.5. The van der Waals surface area contributed by atoms with Gasteiger partial charge in [-0.05, 0) is 19.8 Å². The summed E-state index contributed by atoms with van der Waals surface area (Å²) >= 11 is 0. The van der Waals surface area contributed by atoms with E-state index < -0.39 is 0 Å². The van der Waals surface area contributed by atoms with Crippen molar-refractivity contribution in [3.8, 4) is 0 Å². The van der Waals surface area contributed by atoms with Crippen molar-refractivity contribution < 1.29 is 14.3 Å². The zero-order chi connectivity index (χ0) is 16.2. The Morgan fingerprint density at radius 1 is 1.04 bits per heavy atom. The van der Waals surface area contributed by atoms with Crippen molar-refractivity contribution in [1.82, 2.24) is 20.0 Å². The molecule has 3 aliphatic heterocycles. The van der Waals surface area contributed by atoms with E-state index >= 15 is 0 Å². The van der Waals surface area contributed by atoms with Crippen LogP contribution in [0.25, 0.3) is 0 Å². The van der Waals surface area contributed by atoms with Gasteiger partial charge in [-0.1, -0.05) is 0 Å². The van der Waals surface area contributed by atoms with Crippen LogP contribution in [-0.4, -0.2) is 97.6 Å². The van der Waals surface area contributed by atoms with Crippen LogP contribution >= 0.6 is 0 Å². The number of rotatable bonds is 3. The standard InChI is InChI=1S/C16H28N4O3/c1-13(15(21)19-5-2-3-6-19)18-7-9-20(10-8-18)16(22)14-12-23-11-4-17-14/h13-14,17H,2-12H2,1H3. The van der Waals surface area contributed by atoms with E-state index in [-0.39, 0.29) is 23.9 Å². The van der Waals surface area contributed by atoms with Gasteiger partial charge >= 0.3 is 0 Å². The SMILES string of the molecule is CC(C(=O)N1CCCC1)N1CCN(C(=O)C2COCCN2)CC1. The van der Waals surface area contributed by atoms with Gasteiger partial charge in [0.1, 0.15) is 6.04 Å². The Hall–Kier alpha value is -1.18. The lowest BCUT2D eigenvalue weighted by molar-refractivity contribution is -0.140. The second-order valence-corrected chi connectivity index (χ2v) is 6.65. The summed E-state index contributed by atoms with van der Waals surface area (Å²) in [6.07, 6.45) is 2.24. The molecule has 2 atom stereocenters. The van der Waals surface area contributed by atoms with Gasteiger partial charge in [0.05, 0.1) is 19.3 Å². The van der Waals surface area contributed by atoms with Crippen LogP contribution in [0.5, 0.6) is 0 Å². The van der Waals surface area contributed by atoms with Crippen LogP contribution in [0.1, 0.15) is 19.8 Å². The molecule has 2 amide bonds. The van der Waals surface area contributed by atoms with E-state index in [9.17, 15) is 9.59 Å². The molecule has 23 heavy (non-hydrogen) atoms. The molecule has 0 bridgehead atoms. The molecule has 3 heterocycles. The maximum absolute atomic E-state index is 12.5. The number of hydrogen-bond acceptors (Lipinski definition) is 5. The summed E-state index contributed by atoms with van der Waals surface area (Å²) in [4.78, 5) is 31.0. The predicted octanol–water partition coefficient (Wildman–Crippen LogP) is -0.870. The minimum Gasteiger partial charge on any atom is -0.378 e. The zero-order valence-corrected chi connectivity index (χ0v) is 14.0. The number of carbonyl (C=O) groups is 2. The quantitative estimate of drug-likeness (QED) is 0.731. The number of likely N-dealkylation sites (tertiary alicyclic amines) is 1. The summed E-state index contributed by atoms with van der Waals surface area (Å²) in [6, 6.07) is -0.291. The van der Waals surface area contributed by atoms with Gasteiger partial charge in [-0.15, -0.1) is 0 Å². The van der Waals surface area contributed by atoms with E-state index in [2.05, 4.69) is 10.2 Å².